The second-order valence-corrected chi connectivity index (χ2v) is 6.29. The molecule has 1 amide bonds. The minimum absolute atomic E-state index is 0.0159. The lowest BCUT2D eigenvalue weighted by molar-refractivity contribution is -0.117. The summed E-state index contributed by atoms with van der Waals surface area (Å²) in [5, 5.41) is 0. The summed E-state index contributed by atoms with van der Waals surface area (Å²) >= 11 is 0. The molecule has 1 aliphatic rings. The Kier molecular flexibility index (Phi) is 4.70. The molecule has 4 rings (SSSR count). The lowest BCUT2D eigenvalue weighted by atomic mass is 10.2. The molecule has 0 spiro atoms. The van der Waals surface area contributed by atoms with Crippen LogP contribution in [0, 0.1) is 0 Å². The molecule has 6 heteroatoms. The third-order valence-corrected chi connectivity index (χ3v) is 4.39. The quantitative estimate of drug-likeness (QED) is 0.645. The predicted molar refractivity (Wildman–Crippen MR) is 99.1 cm³/mol. The summed E-state index contributed by atoms with van der Waals surface area (Å²) in [6, 6.07) is 16.4. The molecule has 2 aromatic carbocycles. The number of esters is 1. The number of hydrogen-bond donors (Lipinski definition) is 0. The molecule has 136 valence electrons. The van der Waals surface area contributed by atoms with Crippen LogP contribution in [0.2, 0.25) is 0 Å². The van der Waals surface area contributed by atoms with E-state index in [1.807, 2.05) is 36.4 Å². The predicted octanol–water partition coefficient (Wildman–Crippen LogP) is 3.83. The van der Waals surface area contributed by atoms with Crippen molar-refractivity contribution in [3.8, 4) is 11.5 Å². The number of benzene rings is 2. The van der Waals surface area contributed by atoms with Gasteiger partial charge in [-0.3, -0.25) is 4.79 Å². The van der Waals surface area contributed by atoms with Crippen LogP contribution in [0.25, 0.3) is 11.5 Å². The molecule has 0 atom stereocenters. The average molecular weight is 362 g/mol. The summed E-state index contributed by atoms with van der Waals surface area (Å²) in [4.78, 5) is 30.3. The van der Waals surface area contributed by atoms with Gasteiger partial charge in [0.25, 0.3) is 0 Å². The van der Waals surface area contributed by atoms with Gasteiger partial charge in [0.1, 0.15) is 18.6 Å². The summed E-state index contributed by atoms with van der Waals surface area (Å²) in [5.74, 6) is 0.0977. The zero-order chi connectivity index (χ0) is 18.6. The fourth-order valence-corrected chi connectivity index (χ4v) is 3.03. The molecule has 0 unspecified atom stereocenters. The van der Waals surface area contributed by atoms with Crippen LogP contribution in [0.4, 0.5) is 5.69 Å². The van der Waals surface area contributed by atoms with E-state index < -0.39 is 5.97 Å². The summed E-state index contributed by atoms with van der Waals surface area (Å²) in [6.07, 6.45) is 2.86. The van der Waals surface area contributed by atoms with Gasteiger partial charge in [0.15, 0.2) is 0 Å². The van der Waals surface area contributed by atoms with Crippen molar-refractivity contribution in [3.05, 3.63) is 72.1 Å². The van der Waals surface area contributed by atoms with Crippen LogP contribution < -0.4 is 4.90 Å². The van der Waals surface area contributed by atoms with E-state index in [-0.39, 0.29) is 12.5 Å². The van der Waals surface area contributed by atoms with E-state index in [1.165, 1.54) is 6.26 Å². The molecule has 3 aromatic rings. The highest BCUT2D eigenvalue weighted by Gasteiger charge is 2.22. The SMILES string of the molecule is O=C(OCc1coc(-c2ccccc2)n1)c1cccc(N2CCCC2=O)c1. The molecular formula is C21H18N2O4. The van der Waals surface area contributed by atoms with E-state index in [0.29, 0.717) is 30.1 Å². The Labute approximate surface area is 156 Å². The first-order valence-electron chi connectivity index (χ1n) is 8.78. The number of nitrogens with zero attached hydrogens (tertiary/aromatic N) is 2. The van der Waals surface area contributed by atoms with Crippen LogP contribution in [-0.4, -0.2) is 23.4 Å². The topological polar surface area (TPSA) is 72.6 Å². The maximum absolute atomic E-state index is 12.4. The van der Waals surface area contributed by atoms with Crippen LogP contribution in [0.5, 0.6) is 0 Å². The number of aromatic nitrogens is 1. The highest BCUT2D eigenvalue weighted by atomic mass is 16.5. The van der Waals surface area contributed by atoms with Crippen LogP contribution in [0.15, 0.2) is 65.3 Å². The Bertz CT molecular complexity index is 965. The first-order chi connectivity index (χ1) is 13.2. The normalized spacial score (nSPS) is 13.8. The van der Waals surface area contributed by atoms with E-state index in [1.54, 1.807) is 23.1 Å². The largest absolute Gasteiger partial charge is 0.455 e. The zero-order valence-corrected chi connectivity index (χ0v) is 14.6. The molecular weight excluding hydrogens is 344 g/mol. The molecule has 2 heterocycles. The maximum atomic E-state index is 12.4. The van der Waals surface area contributed by atoms with E-state index in [0.717, 1.165) is 17.7 Å². The first kappa shape index (κ1) is 17.0. The number of rotatable bonds is 5. The monoisotopic (exact) mass is 362 g/mol. The Hall–Kier alpha value is -3.41. The Morgan fingerprint density at radius 2 is 2.00 bits per heavy atom. The van der Waals surface area contributed by atoms with Crippen molar-refractivity contribution in [2.75, 3.05) is 11.4 Å². The van der Waals surface area contributed by atoms with Gasteiger partial charge in [-0.25, -0.2) is 9.78 Å². The Morgan fingerprint density at radius 1 is 1.15 bits per heavy atom. The van der Waals surface area contributed by atoms with Gasteiger partial charge in [-0.05, 0) is 36.8 Å². The van der Waals surface area contributed by atoms with Gasteiger partial charge in [0, 0.05) is 24.2 Å². The summed E-state index contributed by atoms with van der Waals surface area (Å²) in [5.41, 5.74) is 2.52. The smallest absolute Gasteiger partial charge is 0.338 e. The zero-order valence-electron chi connectivity index (χ0n) is 14.6. The third kappa shape index (κ3) is 3.74. The van der Waals surface area contributed by atoms with Crippen molar-refractivity contribution in [3.63, 3.8) is 0 Å². The van der Waals surface area contributed by atoms with Crippen molar-refractivity contribution in [2.24, 2.45) is 0 Å². The van der Waals surface area contributed by atoms with Gasteiger partial charge in [-0.2, -0.15) is 0 Å². The van der Waals surface area contributed by atoms with E-state index in [4.69, 9.17) is 9.15 Å². The maximum Gasteiger partial charge on any atom is 0.338 e. The molecule has 1 aliphatic heterocycles. The van der Waals surface area contributed by atoms with E-state index in [2.05, 4.69) is 4.98 Å². The number of amides is 1. The second kappa shape index (κ2) is 7.45. The van der Waals surface area contributed by atoms with E-state index in [9.17, 15) is 9.59 Å². The number of hydrogen-bond acceptors (Lipinski definition) is 5. The van der Waals surface area contributed by atoms with Gasteiger partial charge in [-0.15, -0.1) is 0 Å². The highest BCUT2D eigenvalue weighted by Crippen LogP contribution is 2.23. The molecule has 1 saturated heterocycles. The van der Waals surface area contributed by atoms with Crippen molar-refractivity contribution < 1.29 is 18.7 Å². The molecule has 6 nitrogen and oxygen atoms in total. The Balaban J connectivity index is 1.41. The highest BCUT2D eigenvalue weighted by molar-refractivity contribution is 5.97. The van der Waals surface area contributed by atoms with Crippen molar-refractivity contribution in [1.82, 2.24) is 4.98 Å². The van der Waals surface area contributed by atoms with Gasteiger partial charge in [0.2, 0.25) is 11.8 Å². The van der Waals surface area contributed by atoms with Gasteiger partial charge >= 0.3 is 5.97 Å². The second-order valence-electron chi connectivity index (χ2n) is 6.29. The summed E-state index contributed by atoms with van der Waals surface area (Å²) in [7, 11) is 0. The molecule has 1 fully saturated rings. The van der Waals surface area contributed by atoms with Crippen molar-refractivity contribution in [2.45, 2.75) is 19.4 Å². The number of oxazole rings is 1. The number of ether oxygens (including phenoxy) is 1. The number of carbonyl (C=O) groups excluding carboxylic acids is 2. The molecule has 0 aliphatic carbocycles. The summed E-state index contributed by atoms with van der Waals surface area (Å²) < 4.78 is 10.8. The average Bonchev–Trinajstić information content (AvgIpc) is 3.36. The van der Waals surface area contributed by atoms with Crippen LogP contribution in [-0.2, 0) is 16.1 Å². The first-order valence-corrected chi connectivity index (χ1v) is 8.78. The van der Waals surface area contributed by atoms with Gasteiger partial charge in [-0.1, -0.05) is 24.3 Å². The molecule has 0 saturated carbocycles. The molecule has 1 aromatic heterocycles. The van der Waals surface area contributed by atoms with Crippen molar-refractivity contribution >= 4 is 17.6 Å². The van der Waals surface area contributed by atoms with E-state index >= 15 is 0 Å². The number of carbonyl (C=O) groups is 2. The molecule has 27 heavy (non-hydrogen) atoms. The van der Waals surface area contributed by atoms with Crippen molar-refractivity contribution in [1.29, 1.82) is 0 Å². The van der Waals surface area contributed by atoms with Crippen LogP contribution in [0.1, 0.15) is 28.9 Å². The standard InChI is InChI=1S/C21H18N2O4/c24-19-10-5-11-23(19)18-9-4-8-16(12-18)21(25)27-14-17-13-26-20(22-17)15-6-2-1-3-7-15/h1-4,6-9,12-13H,5,10-11,14H2. The van der Waals surface area contributed by atoms with Crippen LogP contribution >= 0.6 is 0 Å². The lowest BCUT2D eigenvalue weighted by Gasteiger charge is -2.16. The fraction of sp³-hybridized carbons (Fsp3) is 0.190. The fourth-order valence-electron chi connectivity index (χ4n) is 3.03. The minimum Gasteiger partial charge on any atom is -0.455 e. The summed E-state index contributed by atoms with van der Waals surface area (Å²) in [6.45, 7) is 0.695. The molecule has 0 bridgehead atoms. The number of anilines is 1. The minimum atomic E-state index is -0.465. The van der Waals surface area contributed by atoms with Gasteiger partial charge < -0.3 is 14.1 Å². The Morgan fingerprint density at radius 3 is 2.78 bits per heavy atom. The third-order valence-electron chi connectivity index (χ3n) is 4.39. The lowest BCUT2D eigenvalue weighted by Crippen LogP contribution is -2.23. The molecule has 0 N–H and O–H groups in total. The van der Waals surface area contributed by atoms with Gasteiger partial charge in [0.05, 0.1) is 5.56 Å². The molecule has 0 radical (unpaired) electrons. The van der Waals surface area contributed by atoms with Crippen LogP contribution in [0.3, 0.4) is 0 Å².